The first-order valence-corrected chi connectivity index (χ1v) is 25.9. The highest BCUT2D eigenvalue weighted by molar-refractivity contribution is 5.71. The lowest BCUT2D eigenvalue weighted by atomic mass is 10.0. The van der Waals surface area contributed by atoms with Crippen molar-refractivity contribution in [2.45, 2.75) is 297 Å². The van der Waals surface area contributed by atoms with Gasteiger partial charge in [-0.05, 0) is 25.2 Å². The van der Waals surface area contributed by atoms with Crippen molar-refractivity contribution in [3.8, 4) is 0 Å². The van der Waals surface area contributed by atoms with E-state index in [1.807, 2.05) is 0 Å². The van der Waals surface area contributed by atoms with Gasteiger partial charge in [0.05, 0.1) is 0 Å². The third-order valence-electron chi connectivity index (χ3n) is 11.8. The Labute approximate surface area is 361 Å². The Bertz CT molecular complexity index is 872. The van der Waals surface area contributed by atoms with E-state index in [1.165, 1.54) is 186 Å². The highest BCUT2D eigenvalue weighted by Gasteiger charge is 2.19. The molecule has 1 atom stereocenters. The summed E-state index contributed by atoms with van der Waals surface area (Å²) < 4.78 is 16.8. The second kappa shape index (κ2) is 46.5. The molecule has 6 heteroatoms. The van der Waals surface area contributed by atoms with E-state index in [1.54, 1.807) is 0 Å². The van der Waals surface area contributed by atoms with Crippen molar-refractivity contribution in [3.63, 3.8) is 0 Å². The van der Waals surface area contributed by atoms with E-state index >= 15 is 0 Å². The summed E-state index contributed by atoms with van der Waals surface area (Å²) in [6, 6.07) is 0. The van der Waals surface area contributed by atoms with E-state index in [-0.39, 0.29) is 31.1 Å². The van der Waals surface area contributed by atoms with Crippen LogP contribution in [0.15, 0.2) is 0 Å². The van der Waals surface area contributed by atoms with Crippen LogP contribution in [-0.4, -0.2) is 37.2 Å². The van der Waals surface area contributed by atoms with E-state index in [2.05, 4.69) is 27.7 Å². The van der Waals surface area contributed by atoms with Gasteiger partial charge in [-0.3, -0.25) is 14.4 Å². The molecule has 0 unspecified atom stereocenters. The molecule has 0 saturated carbocycles. The first-order valence-electron chi connectivity index (χ1n) is 25.9. The third kappa shape index (κ3) is 45.5. The minimum Gasteiger partial charge on any atom is -0.462 e. The van der Waals surface area contributed by atoms with Crippen molar-refractivity contribution in [1.29, 1.82) is 0 Å². The second-order valence-electron chi connectivity index (χ2n) is 18.3. The number of carbonyl (C=O) groups excluding carboxylic acids is 3. The van der Waals surface area contributed by atoms with Gasteiger partial charge < -0.3 is 14.2 Å². The number of hydrogen-bond donors (Lipinski definition) is 0. The smallest absolute Gasteiger partial charge is 0.306 e. The molecular weight excluding hydrogens is 721 g/mol. The third-order valence-corrected chi connectivity index (χ3v) is 11.8. The first kappa shape index (κ1) is 56.4. The molecule has 0 fully saturated rings. The molecule has 344 valence electrons. The highest BCUT2D eigenvalue weighted by Crippen LogP contribution is 2.17. The maximum Gasteiger partial charge on any atom is 0.306 e. The maximum absolute atomic E-state index is 12.7. The number of carbonyl (C=O) groups is 3. The lowest BCUT2D eigenvalue weighted by molar-refractivity contribution is -0.167. The van der Waals surface area contributed by atoms with Gasteiger partial charge in [-0.2, -0.15) is 0 Å². The molecule has 0 aliphatic rings. The minimum absolute atomic E-state index is 0.0628. The number of rotatable bonds is 47. The largest absolute Gasteiger partial charge is 0.462 e. The number of ether oxygens (including phenoxy) is 3. The fraction of sp³-hybridized carbons (Fsp3) is 0.942. The van der Waals surface area contributed by atoms with Crippen molar-refractivity contribution < 1.29 is 28.6 Å². The molecule has 0 aromatic heterocycles. The Hall–Kier alpha value is -1.59. The Morgan fingerprint density at radius 1 is 0.328 bits per heavy atom. The van der Waals surface area contributed by atoms with Gasteiger partial charge >= 0.3 is 17.9 Å². The normalized spacial score (nSPS) is 11.9. The van der Waals surface area contributed by atoms with Crippen LogP contribution in [0.25, 0.3) is 0 Å². The summed E-state index contributed by atoms with van der Waals surface area (Å²) in [4.78, 5) is 37.8. The number of unbranched alkanes of at least 4 members (excludes halogenated alkanes) is 34. The van der Waals surface area contributed by atoms with E-state index < -0.39 is 6.10 Å². The Morgan fingerprint density at radius 3 is 0.845 bits per heavy atom. The van der Waals surface area contributed by atoms with E-state index in [0.29, 0.717) is 19.3 Å². The first-order chi connectivity index (χ1) is 28.4. The highest BCUT2D eigenvalue weighted by atomic mass is 16.6. The van der Waals surface area contributed by atoms with Crippen LogP contribution in [-0.2, 0) is 28.6 Å². The van der Waals surface area contributed by atoms with Crippen LogP contribution in [0.3, 0.4) is 0 Å². The zero-order valence-electron chi connectivity index (χ0n) is 39.5. The molecule has 0 aromatic rings. The molecule has 0 aromatic carbocycles. The predicted molar refractivity (Wildman–Crippen MR) is 247 cm³/mol. The summed E-state index contributed by atoms with van der Waals surface area (Å²) in [7, 11) is 0. The molecule has 6 nitrogen and oxygen atoms in total. The fourth-order valence-electron chi connectivity index (χ4n) is 7.86. The molecule has 0 rings (SSSR count). The fourth-order valence-corrected chi connectivity index (χ4v) is 7.86. The summed E-state index contributed by atoms with van der Waals surface area (Å²) >= 11 is 0. The van der Waals surface area contributed by atoms with Crippen molar-refractivity contribution in [1.82, 2.24) is 0 Å². The summed E-state index contributed by atoms with van der Waals surface area (Å²) in [5.41, 5.74) is 0. The Balaban J connectivity index is 4.23. The van der Waals surface area contributed by atoms with Crippen molar-refractivity contribution >= 4 is 17.9 Å². The SMILES string of the molecule is CCCCCCCCCCCCCCCCC(=O)OC[C@@H](COC(=O)CCCCCCCCCCCCCCCCC(C)C)OC(=O)CCCCCCCCCCC. The zero-order chi connectivity index (χ0) is 42.4. The molecule has 0 heterocycles. The molecule has 0 saturated heterocycles. The van der Waals surface area contributed by atoms with E-state index in [0.717, 1.165) is 63.7 Å². The van der Waals surface area contributed by atoms with Crippen LogP contribution in [0.5, 0.6) is 0 Å². The van der Waals surface area contributed by atoms with Crippen LogP contribution in [0.2, 0.25) is 0 Å². The van der Waals surface area contributed by atoms with Gasteiger partial charge in [-0.25, -0.2) is 0 Å². The number of hydrogen-bond acceptors (Lipinski definition) is 6. The molecule has 0 aliphatic heterocycles. The van der Waals surface area contributed by atoms with Gasteiger partial charge in [0, 0.05) is 19.3 Å². The quantitative estimate of drug-likeness (QED) is 0.0346. The molecule has 58 heavy (non-hydrogen) atoms. The predicted octanol–water partition coefficient (Wildman–Crippen LogP) is 16.7. The van der Waals surface area contributed by atoms with Crippen LogP contribution in [0.1, 0.15) is 291 Å². The average molecular weight is 821 g/mol. The second-order valence-corrected chi connectivity index (χ2v) is 18.3. The molecular formula is C52H100O6. The topological polar surface area (TPSA) is 78.9 Å². The van der Waals surface area contributed by atoms with Gasteiger partial charge in [-0.1, -0.05) is 252 Å². The van der Waals surface area contributed by atoms with Gasteiger partial charge in [0.15, 0.2) is 6.10 Å². The molecule has 0 N–H and O–H groups in total. The summed E-state index contributed by atoms with van der Waals surface area (Å²) in [6.45, 7) is 9.02. The van der Waals surface area contributed by atoms with Gasteiger partial charge in [-0.15, -0.1) is 0 Å². The monoisotopic (exact) mass is 821 g/mol. The van der Waals surface area contributed by atoms with Gasteiger partial charge in [0.1, 0.15) is 13.2 Å². The van der Waals surface area contributed by atoms with Crippen molar-refractivity contribution in [3.05, 3.63) is 0 Å². The zero-order valence-corrected chi connectivity index (χ0v) is 39.5. The maximum atomic E-state index is 12.7. The molecule has 0 amide bonds. The minimum atomic E-state index is -0.759. The van der Waals surface area contributed by atoms with Gasteiger partial charge in [0.25, 0.3) is 0 Å². The summed E-state index contributed by atoms with van der Waals surface area (Å²) in [5.74, 6) is -0.00182. The summed E-state index contributed by atoms with van der Waals surface area (Å²) in [5, 5.41) is 0. The summed E-state index contributed by atoms with van der Waals surface area (Å²) in [6.07, 6.45) is 48.0. The number of esters is 3. The average Bonchev–Trinajstić information content (AvgIpc) is 3.21. The Kier molecular flexibility index (Phi) is 45.2. The molecule has 0 bridgehead atoms. The lowest BCUT2D eigenvalue weighted by Gasteiger charge is -2.18. The standard InChI is InChI=1S/C52H100O6/c1-5-7-9-11-13-15-16-17-21-24-28-31-35-39-43-50(53)56-46-49(58-52(55)45-41-37-33-26-14-12-10-8-6-2)47-57-51(54)44-40-36-32-29-25-22-19-18-20-23-27-30-34-38-42-48(3)4/h48-49H,5-47H2,1-4H3/t49-/m0/s1. The van der Waals surface area contributed by atoms with Crippen LogP contribution in [0, 0.1) is 5.92 Å². The van der Waals surface area contributed by atoms with Crippen LogP contribution < -0.4 is 0 Å². The molecule has 0 aliphatic carbocycles. The lowest BCUT2D eigenvalue weighted by Crippen LogP contribution is -2.30. The van der Waals surface area contributed by atoms with Gasteiger partial charge in [0.2, 0.25) is 0 Å². The van der Waals surface area contributed by atoms with Crippen LogP contribution in [0.4, 0.5) is 0 Å². The Morgan fingerprint density at radius 2 is 0.569 bits per heavy atom. The van der Waals surface area contributed by atoms with Crippen LogP contribution >= 0.6 is 0 Å². The molecule has 0 spiro atoms. The van der Waals surface area contributed by atoms with Crippen molar-refractivity contribution in [2.75, 3.05) is 13.2 Å². The van der Waals surface area contributed by atoms with E-state index in [9.17, 15) is 14.4 Å². The molecule has 0 radical (unpaired) electrons. The van der Waals surface area contributed by atoms with E-state index in [4.69, 9.17) is 14.2 Å². The van der Waals surface area contributed by atoms with Crippen molar-refractivity contribution in [2.24, 2.45) is 5.92 Å².